The van der Waals surface area contributed by atoms with Crippen LogP contribution in [0.5, 0.6) is 0 Å². The number of hydrogen-bond acceptors (Lipinski definition) is 2. The summed E-state index contributed by atoms with van der Waals surface area (Å²) < 4.78 is 14.3. The number of carbonyl (C=O) groups excluding carboxylic acids is 1. The van der Waals surface area contributed by atoms with Crippen LogP contribution in [-0.4, -0.2) is 26.0 Å². The van der Waals surface area contributed by atoms with Gasteiger partial charge in [0.15, 0.2) is 0 Å². The van der Waals surface area contributed by atoms with Gasteiger partial charge in [-0.1, -0.05) is 18.9 Å². The largest absolute Gasteiger partial charge is 0.311 e. The first-order valence-corrected chi connectivity index (χ1v) is 6.92. The molecule has 1 spiro atoms. The standard InChI is InChI=1S/C15H19FN2O/c1-17-9-13(19)18-10-15(7-2-3-8-15)14-11(16)5-4-6-12(14)18/h4-6,17H,2-3,7-10H2,1H3. The Kier molecular flexibility index (Phi) is 3.05. The molecule has 1 fully saturated rings. The van der Waals surface area contributed by atoms with Crippen molar-refractivity contribution in [3.05, 3.63) is 29.6 Å². The lowest BCUT2D eigenvalue weighted by atomic mass is 9.80. The van der Waals surface area contributed by atoms with Crippen molar-refractivity contribution in [2.45, 2.75) is 31.1 Å². The molecule has 1 amide bonds. The normalized spacial score (nSPS) is 20.0. The second-order valence-corrected chi connectivity index (χ2v) is 5.63. The molecule has 1 aromatic rings. The molecule has 1 aromatic carbocycles. The smallest absolute Gasteiger partial charge is 0.240 e. The Hall–Kier alpha value is -1.42. The molecule has 102 valence electrons. The summed E-state index contributed by atoms with van der Waals surface area (Å²) >= 11 is 0. The number of rotatable bonds is 2. The maximum atomic E-state index is 14.3. The van der Waals surface area contributed by atoms with Crippen LogP contribution in [-0.2, 0) is 10.2 Å². The Bertz CT molecular complexity index is 509. The van der Waals surface area contributed by atoms with Crippen molar-refractivity contribution in [1.29, 1.82) is 0 Å². The number of anilines is 1. The van der Waals surface area contributed by atoms with E-state index < -0.39 is 0 Å². The van der Waals surface area contributed by atoms with Gasteiger partial charge in [0.2, 0.25) is 5.91 Å². The fraction of sp³-hybridized carbons (Fsp3) is 0.533. The minimum absolute atomic E-state index is 0.0260. The van der Waals surface area contributed by atoms with E-state index in [1.807, 2.05) is 6.07 Å². The molecule has 0 unspecified atom stereocenters. The molecule has 1 heterocycles. The fourth-order valence-electron chi connectivity index (χ4n) is 3.66. The zero-order valence-electron chi connectivity index (χ0n) is 11.2. The van der Waals surface area contributed by atoms with E-state index in [-0.39, 0.29) is 17.1 Å². The SMILES string of the molecule is CNCC(=O)N1CC2(CCCC2)c2c(F)cccc21. The zero-order valence-corrected chi connectivity index (χ0v) is 11.2. The van der Waals surface area contributed by atoms with Crippen molar-refractivity contribution in [1.82, 2.24) is 5.32 Å². The second-order valence-electron chi connectivity index (χ2n) is 5.63. The van der Waals surface area contributed by atoms with E-state index in [1.165, 1.54) is 6.07 Å². The molecule has 1 aliphatic heterocycles. The summed E-state index contributed by atoms with van der Waals surface area (Å²) in [7, 11) is 1.76. The van der Waals surface area contributed by atoms with Crippen molar-refractivity contribution >= 4 is 11.6 Å². The number of benzene rings is 1. The molecule has 4 heteroatoms. The van der Waals surface area contributed by atoms with E-state index in [9.17, 15) is 9.18 Å². The Labute approximate surface area is 112 Å². The molecule has 0 aromatic heterocycles. The average molecular weight is 262 g/mol. The lowest BCUT2D eigenvalue weighted by Crippen LogP contribution is -2.39. The van der Waals surface area contributed by atoms with Gasteiger partial charge in [-0.15, -0.1) is 0 Å². The number of amides is 1. The molecule has 0 radical (unpaired) electrons. The molecule has 1 N–H and O–H groups in total. The van der Waals surface area contributed by atoms with Crippen molar-refractivity contribution in [2.75, 3.05) is 25.0 Å². The summed E-state index contributed by atoms with van der Waals surface area (Å²) in [5, 5.41) is 2.88. The van der Waals surface area contributed by atoms with E-state index >= 15 is 0 Å². The van der Waals surface area contributed by atoms with Crippen molar-refractivity contribution < 1.29 is 9.18 Å². The van der Waals surface area contributed by atoms with Crippen LogP contribution in [0.25, 0.3) is 0 Å². The number of carbonyl (C=O) groups is 1. The van der Waals surface area contributed by atoms with Gasteiger partial charge in [0.05, 0.1) is 12.2 Å². The van der Waals surface area contributed by atoms with Gasteiger partial charge in [-0.2, -0.15) is 0 Å². The van der Waals surface area contributed by atoms with Gasteiger partial charge in [-0.05, 0) is 32.0 Å². The highest BCUT2D eigenvalue weighted by Crippen LogP contribution is 2.51. The monoisotopic (exact) mass is 262 g/mol. The molecule has 2 aliphatic rings. The van der Waals surface area contributed by atoms with Crippen LogP contribution < -0.4 is 10.2 Å². The van der Waals surface area contributed by atoms with Crippen molar-refractivity contribution in [3.63, 3.8) is 0 Å². The van der Waals surface area contributed by atoms with Crippen LogP contribution in [0.3, 0.4) is 0 Å². The van der Waals surface area contributed by atoms with E-state index in [1.54, 1.807) is 18.0 Å². The maximum Gasteiger partial charge on any atom is 0.240 e. The Balaban J connectivity index is 2.05. The van der Waals surface area contributed by atoms with Gasteiger partial charge in [0.25, 0.3) is 0 Å². The summed E-state index contributed by atoms with van der Waals surface area (Å²) in [5.74, 6) is -0.128. The van der Waals surface area contributed by atoms with Gasteiger partial charge >= 0.3 is 0 Å². The molecular formula is C15H19FN2O. The summed E-state index contributed by atoms with van der Waals surface area (Å²) in [6.45, 7) is 0.940. The third-order valence-corrected chi connectivity index (χ3v) is 4.46. The predicted octanol–water partition coefficient (Wildman–Crippen LogP) is 2.20. The number of halogens is 1. The fourth-order valence-corrected chi connectivity index (χ4v) is 3.66. The molecule has 0 bridgehead atoms. The van der Waals surface area contributed by atoms with E-state index in [2.05, 4.69) is 5.32 Å². The summed E-state index contributed by atoms with van der Waals surface area (Å²) in [4.78, 5) is 14.0. The number of fused-ring (bicyclic) bond motifs is 2. The van der Waals surface area contributed by atoms with Crippen molar-refractivity contribution in [2.24, 2.45) is 0 Å². The van der Waals surface area contributed by atoms with Crippen LogP contribution in [0, 0.1) is 5.82 Å². The van der Waals surface area contributed by atoms with Gasteiger partial charge in [0, 0.05) is 17.5 Å². The van der Waals surface area contributed by atoms with Gasteiger partial charge < -0.3 is 10.2 Å². The number of likely N-dealkylation sites (N-methyl/N-ethyl adjacent to an activating group) is 1. The first-order valence-electron chi connectivity index (χ1n) is 6.92. The third kappa shape index (κ3) is 1.86. The first-order chi connectivity index (χ1) is 9.18. The van der Waals surface area contributed by atoms with Gasteiger partial charge in [-0.25, -0.2) is 4.39 Å². The summed E-state index contributed by atoms with van der Waals surface area (Å²) in [5.41, 5.74) is 1.42. The Morgan fingerprint density at radius 2 is 2.16 bits per heavy atom. The van der Waals surface area contributed by atoms with Crippen molar-refractivity contribution in [3.8, 4) is 0 Å². The molecule has 19 heavy (non-hydrogen) atoms. The van der Waals surface area contributed by atoms with Crippen LogP contribution in [0.15, 0.2) is 18.2 Å². The third-order valence-electron chi connectivity index (χ3n) is 4.46. The molecular weight excluding hydrogens is 243 g/mol. The lowest BCUT2D eigenvalue weighted by Gasteiger charge is -2.24. The van der Waals surface area contributed by atoms with Gasteiger partial charge in [0.1, 0.15) is 5.82 Å². The highest BCUT2D eigenvalue weighted by Gasteiger charge is 2.47. The topological polar surface area (TPSA) is 32.3 Å². The van der Waals surface area contributed by atoms with Crippen LogP contribution in [0.2, 0.25) is 0 Å². The molecule has 3 nitrogen and oxygen atoms in total. The maximum absolute atomic E-state index is 14.3. The Morgan fingerprint density at radius 1 is 1.42 bits per heavy atom. The predicted molar refractivity (Wildman–Crippen MR) is 72.8 cm³/mol. The Morgan fingerprint density at radius 3 is 2.84 bits per heavy atom. The highest BCUT2D eigenvalue weighted by molar-refractivity contribution is 5.97. The summed E-state index contributed by atoms with van der Waals surface area (Å²) in [6.07, 6.45) is 4.23. The molecule has 1 saturated carbocycles. The minimum atomic E-state index is -0.154. The minimum Gasteiger partial charge on any atom is -0.311 e. The molecule has 1 aliphatic carbocycles. The second kappa shape index (κ2) is 4.60. The van der Waals surface area contributed by atoms with Crippen LogP contribution >= 0.6 is 0 Å². The van der Waals surface area contributed by atoms with Gasteiger partial charge in [-0.3, -0.25) is 4.79 Å². The van der Waals surface area contributed by atoms with E-state index in [0.717, 1.165) is 36.9 Å². The van der Waals surface area contributed by atoms with Crippen LogP contribution in [0.4, 0.5) is 10.1 Å². The number of nitrogens with one attached hydrogen (secondary N) is 1. The lowest BCUT2D eigenvalue weighted by molar-refractivity contribution is -0.117. The van der Waals surface area contributed by atoms with Crippen LogP contribution in [0.1, 0.15) is 31.2 Å². The molecule has 0 saturated heterocycles. The first kappa shape index (κ1) is 12.6. The quantitative estimate of drug-likeness (QED) is 0.886. The summed E-state index contributed by atoms with van der Waals surface area (Å²) in [6, 6.07) is 5.09. The number of hydrogen-bond donors (Lipinski definition) is 1. The average Bonchev–Trinajstić information content (AvgIpc) is 2.98. The highest BCUT2D eigenvalue weighted by atomic mass is 19.1. The zero-order chi connectivity index (χ0) is 13.5. The molecule has 3 rings (SSSR count). The van der Waals surface area contributed by atoms with E-state index in [0.29, 0.717) is 13.1 Å². The van der Waals surface area contributed by atoms with E-state index in [4.69, 9.17) is 0 Å². The molecule has 0 atom stereocenters. The number of nitrogens with zero attached hydrogens (tertiary/aromatic N) is 1.